The van der Waals surface area contributed by atoms with E-state index in [2.05, 4.69) is 0 Å². The molecule has 2 rings (SSSR count). The molecule has 21 heavy (non-hydrogen) atoms. The number of nitrogens with zero attached hydrogens (tertiary/aromatic N) is 1. The SMILES string of the molecule is COc1cccc(/C(=C/c2ccc([N+](=O)[O-])cc2)CO)c1. The van der Waals surface area contributed by atoms with Gasteiger partial charge in [-0.25, -0.2) is 0 Å². The standard InChI is InChI=1S/C16H15NO4/c1-21-16-4-2-3-13(10-16)14(11-18)9-12-5-7-15(8-6-12)17(19)20/h2-10,18H,11H2,1H3/b14-9+. The van der Waals surface area contributed by atoms with Crippen LogP contribution in [0.1, 0.15) is 11.1 Å². The first kappa shape index (κ1) is 14.7. The van der Waals surface area contributed by atoms with Crippen molar-refractivity contribution < 1.29 is 14.8 Å². The average Bonchev–Trinajstić information content (AvgIpc) is 2.53. The van der Waals surface area contributed by atoms with Crippen LogP contribution in [0.2, 0.25) is 0 Å². The zero-order valence-electron chi connectivity index (χ0n) is 11.5. The Kier molecular flexibility index (Phi) is 4.68. The highest BCUT2D eigenvalue weighted by Gasteiger charge is 2.05. The molecule has 5 nitrogen and oxygen atoms in total. The van der Waals surface area contributed by atoms with E-state index in [0.717, 1.165) is 11.1 Å². The van der Waals surface area contributed by atoms with E-state index in [1.54, 1.807) is 25.3 Å². The normalized spacial score (nSPS) is 11.2. The molecule has 0 aliphatic carbocycles. The third-order valence-electron chi connectivity index (χ3n) is 3.06. The maximum atomic E-state index is 10.6. The summed E-state index contributed by atoms with van der Waals surface area (Å²) in [4.78, 5) is 10.2. The minimum Gasteiger partial charge on any atom is -0.497 e. The molecule has 0 radical (unpaired) electrons. The molecule has 1 N–H and O–H groups in total. The lowest BCUT2D eigenvalue weighted by molar-refractivity contribution is -0.384. The fourth-order valence-corrected chi connectivity index (χ4v) is 1.94. The van der Waals surface area contributed by atoms with Gasteiger partial charge in [-0.15, -0.1) is 0 Å². The number of ether oxygens (including phenoxy) is 1. The zero-order chi connectivity index (χ0) is 15.2. The second-order valence-corrected chi connectivity index (χ2v) is 4.41. The van der Waals surface area contributed by atoms with Gasteiger partial charge >= 0.3 is 0 Å². The largest absolute Gasteiger partial charge is 0.497 e. The number of non-ortho nitro benzene ring substituents is 1. The molecule has 2 aromatic rings. The minimum atomic E-state index is -0.442. The molecule has 2 aromatic carbocycles. The van der Waals surface area contributed by atoms with Crippen molar-refractivity contribution in [1.29, 1.82) is 0 Å². The quantitative estimate of drug-likeness (QED) is 0.520. The van der Waals surface area contributed by atoms with E-state index in [9.17, 15) is 15.2 Å². The molecule has 0 fully saturated rings. The maximum Gasteiger partial charge on any atom is 0.269 e. The van der Waals surface area contributed by atoms with Crippen LogP contribution in [0.5, 0.6) is 5.75 Å². The summed E-state index contributed by atoms with van der Waals surface area (Å²) in [7, 11) is 1.58. The number of benzene rings is 2. The lowest BCUT2D eigenvalue weighted by Crippen LogP contribution is -1.92. The molecule has 5 heteroatoms. The van der Waals surface area contributed by atoms with Gasteiger partial charge in [0.25, 0.3) is 5.69 Å². The fourth-order valence-electron chi connectivity index (χ4n) is 1.94. The summed E-state index contributed by atoms with van der Waals surface area (Å²) in [6, 6.07) is 13.5. The van der Waals surface area contributed by atoms with Crippen molar-refractivity contribution in [3.05, 3.63) is 69.8 Å². The van der Waals surface area contributed by atoms with E-state index in [-0.39, 0.29) is 12.3 Å². The zero-order valence-corrected chi connectivity index (χ0v) is 11.5. The van der Waals surface area contributed by atoms with Gasteiger partial charge in [-0.3, -0.25) is 10.1 Å². The van der Waals surface area contributed by atoms with Crippen LogP contribution in [0, 0.1) is 10.1 Å². The number of methoxy groups -OCH3 is 1. The summed E-state index contributed by atoms with van der Waals surface area (Å²) in [6.07, 6.45) is 1.79. The Labute approximate surface area is 122 Å². The number of aliphatic hydroxyl groups excluding tert-OH is 1. The Bertz CT molecular complexity index is 662. The monoisotopic (exact) mass is 285 g/mol. The molecular weight excluding hydrogens is 270 g/mol. The van der Waals surface area contributed by atoms with E-state index >= 15 is 0 Å². The summed E-state index contributed by atoms with van der Waals surface area (Å²) >= 11 is 0. The second-order valence-electron chi connectivity index (χ2n) is 4.41. The second kappa shape index (κ2) is 6.67. The number of rotatable bonds is 5. The van der Waals surface area contributed by atoms with Crippen LogP contribution in [-0.2, 0) is 0 Å². The molecule has 0 atom stereocenters. The van der Waals surface area contributed by atoms with Crippen LogP contribution in [0.3, 0.4) is 0 Å². The summed E-state index contributed by atoms with van der Waals surface area (Å²) in [5, 5.41) is 20.1. The van der Waals surface area contributed by atoms with Crippen molar-refractivity contribution in [3.8, 4) is 5.75 Å². The van der Waals surface area contributed by atoms with Gasteiger partial charge in [-0.2, -0.15) is 0 Å². The van der Waals surface area contributed by atoms with Crippen molar-refractivity contribution in [1.82, 2.24) is 0 Å². The number of nitro benzene ring substituents is 1. The van der Waals surface area contributed by atoms with E-state index in [1.807, 2.05) is 24.3 Å². The highest BCUT2D eigenvalue weighted by atomic mass is 16.6. The Morgan fingerprint density at radius 1 is 1.29 bits per heavy atom. The average molecular weight is 285 g/mol. The van der Waals surface area contributed by atoms with Crippen molar-refractivity contribution in [2.24, 2.45) is 0 Å². The molecule has 0 aliphatic heterocycles. The van der Waals surface area contributed by atoms with E-state index in [0.29, 0.717) is 11.3 Å². The first-order valence-electron chi connectivity index (χ1n) is 6.34. The Morgan fingerprint density at radius 2 is 2.00 bits per heavy atom. The topological polar surface area (TPSA) is 72.6 Å². The highest BCUT2D eigenvalue weighted by molar-refractivity contribution is 5.82. The molecule has 0 saturated carbocycles. The number of hydrogen-bond donors (Lipinski definition) is 1. The molecule has 0 amide bonds. The number of nitro groups is 1. The van der Waals surface area contributed by atoms with Gasteiger partial charge in [-0.05, 0) is 47.0 Å². The lowest BCUT2D eigenvalue weighted by atomic mass is 10.0. The number of hydrogen-bond acceptors (Lipinski definition) is 4. The van der Waals surface area contributed by atoms with Gasteiger partial charge in [0.15, 0.2) is 0 Å². The lowest BCUT2D eigenvalue weighted by Gasteiger charge is -2.07. The van der Waals surface area contributed by atoms with Gasteiger partial charge in [0.05, 0.1) is 18.6 Å². The third kappa shape index (κ3) is 3.67. The summed E-state index contributed by atoms with van der Waals surface area (Å²) in [5.74, 6) is 0.704. The van der Waals surface area contributed by atoms with Crippen molar-refractivity contribution >= 4 is 17.3 Å². The molecule has 108 valence electrons. The van der Waals surface area contributed by atoms with Crippen molar-refractivity contribution in [2.45, 2.75) is 0 Å². The van der Waals surface area contributed by atoms with Crippen LogP contribution < -0.4 is 4.74 Å². The molecular formula is C16H15NO4. The molecule has 0 aliphatic rings. The van der Waals surface area contributed by atoms with E-state index in [4.69, 9.17) is 4.74 Å². The van der Waals surface area contributed by atoms with Gasteiger partial charge in [0, 0.05) is 12.1 Å². The molecule has 0 aromatic heterocycles. The Hall–Kier alpha value is -2.66. The van der Waals surface area contributed by atoms with Gasteiger partial charge in [0.1, 0.15) is 5.75 Å². The van der Waals surface area contributed by atoms with Gasteiger partial charge in [-0.1, -0.05) is 12.1 Å². The van der Waals surface area contributed by atoms with Crippen molar-refractivity contribution in [3.63, 3.8) is 0 Å². The van der Waals surface area contributed by atoms with Crippen LogP contribution in [0.4, 0.5) is 5.69 Å². The maximum absolute atomic E-state index is 10.6. The van der Waals surface area contributed by atoms with Crippen LogP contribution in [0.25, 0.3) is 11.6 Å². The highest BCUT2D eigenvalue weighted by Crippen LogP contribution is 2.23. The van der Waals surface area contributed by atoms with E-state index in [1.165, 1.54) is 12.1 Å². The van der Waals surface area contributed by atoms with Crippen LogP contribution in [-0.4, -0.2) is 23.7 Å². The smallest absolute Gasteiger partial charge is 0.269 e. The Balaban J connectivity index is 2.33. The summed E-state index contributed by atoms with van der Waals surface area (Å²) in [5.41, 5.74) is 2.38. The summed E-state index contributed by atoms with van der Waals surface area (Å²) < 4.78 is 5.16. The van der Waals surface area contributed by atoms with Crippen LogP contribution >= 0.6 is 0 Å². The Morgan fingerprint density at radius 3 is 2.57 bits per heavy atom. The number of aliphatic hydroxyl groups is 1. The molecule has 0 saturated heterocycles. The summed E-state index contributed by atoms with van der Waals surface area (Å²) in [6.45, 7) is -0.135. The first-order chi connectivity index (χ1) is 10.1. The molecule has 0 spiro atoms. The van der Waals surface area contributed by atoms with Gasteiger partial charge in [0.2, 0.25) is 0 Å². The predicted molar refractivity (Wildman–Crippen MR) is 81.0 cm³/mol. The van der Waals surface area contributed by atoms with Crippen molar-refractivity contribution in [2.75, 3.05) is 13.7 Å². The third-order valence-corrected chi connectivity index (χ3v) is 3.06. The van der Waals surface area contributed by atoms with Crippen LogP contribution in [0.15, 0.2) is 48.5 Å². The minimum absolute atomic E-state index is 0.0408. The first-order valence-corrected chi connectivity index (χ1v) is 6.34. The molecule has 0 bridgehead atoms. The molecule has 0 unspecified atom stereocenters. The fraction of sp³-hybridized carbons (Fsp3) is 0.125. The van der Waals surface area contributed by atoms with E-state index < -0.39 is 4.92 Å². The van der Waals surface area contributed by atoms with Gasteiger partial charge < -0.3 is 9.84 Å². The predicted octanol–water partition coefficient (Wildman–Crippen LogP) is 3.14. The molecule has 0 heterocycles.